The highest BCUT2D eigenvalue weighted by Crippen LogP contribution is 2.40. The van der Waals surface area contributed by atoms with Crippen molar-refractivity contribution in [2.45, 2.75) is 38.8 Å². The quantitative estimate of drug-likeness (QED) is 0.0767. The maximum Gasteiger partial charge on any atom is 0.326 e. The zero-order valence-electron chi connectivity index (χ0n) is 39.2. The summed E-state index contributed by atoms with van der Waals surface area (Å²) < 4.78 is 66.6. The van der Waals surface area contributed by atoms with E-state index in [1.165, 1.54) is 38.5 Å². The Bertz CT molecular complexity index is 3280. The van der Waals surface area contributed by atoms with Gasteiger partial charge in [0.1, 0.15) is 23.6 Å². The Hall–Kier alpha value is -7.50. The van der Waals surface area contributed by atoms with E-state index >= 15 is 0 Å². The van der Waals surface area contributed by atoms with E-state index in [0.29, 0.717) is 55.2 Å². The van der Waals surface area contributed by atoms with Crippen molar-refractivity contribution in [1.29, 1.82) is 0 Å². The van der Waals surface area contributed by atoms with Crippen LogP contribution < -0.4 is 20.1 Å². The van der Waals surface area contributed by atoms with E-state index in [-0.39, 0.29) is 55.6 Å². The standard InChI is InChI=1S/2C27H20Cl2F2N2O4/c2*1-13-8-9-32-25-14(6-7-15(23(13)25)16-11-19(30)20(31)12-22(16)37-2)10-21(27(35)36)33-26(34)24-17(28)4-3-5-18(24)29/h2*3-9,11-12,21H,10H2,1-2H3,(H,33,34)(H,35,36)/t2*21-/m00/s1. The summed E-state index contributed by atoms with van der Waals surface area (Å²) in [4.78, 5) is 58.7. The number of aromatic nitrogens is 2. The average Bonchev–Trinajstić information content (AvgIpc) is 3.35. The van der Waals surface area contributed by atoms with Crippen LogP contribution in [0.2, 0.25) is 20.1 Å². The van der Waals surface area contributed by atoms with Crippen LogP contribution in [-0.4, -0.2) is 70.2 Å². The maximum absolute atomic E-state index is 14.2. The van der Waals surface area contributed by atoms with Gasteiger partial charge in [-0.2, -0.15) is 0 Å². The van der Waals surface area contributed by atoms with E-state index in [4.69, 9.17) is 55.9 Å². The van der Waals surface area contributed by atoms with Gasteiger partial charge in [0.15, 0.2) is 23.3 Å². The minimum atomic E-state index is -1.34. The number of amides is 2. The summed E-state index contributed by atoms with van der Waals surface area (Å²) in [6.45, 7) is 3.64. The number of ether oxygens (including phenoxy) is 2. The molecule has 0 saturated heterocycles. The number of carboxylic acid groups (broad SMARTS) is 2. The predicted octanol–water partition coefficient (Wildman–Crippen LogP) is 12.5. The number of aryl methyl sites for hydroxylation is 2. The fourth-order valence-corrected chi connectivity index (χ4v) is 9.44. The number of aliphatic carboxylic acids is 2. The average molecular weight is 1090 g/mol. The number of nitrogens with zero attached hydrogens (tertiary/aromatic N) is 2. The number of benzene rings is 6. The van der Waals surface area contributed by atoms with Crippen molar-refractivity contribution in [3.05, 3.63) is 186 Å². The van der Waals surface area contributed by atoms with Gasteiger partial charge in [-0.25, -0.2) is 27.2 Å². The molecule has 0 aliphatic heterocycles. The molecule has 6 aromatic carbocycles. The van der Waals surface area contributed by atoms with Gasteiger partial charge in [-0.05, 0) is 95.8 Å². The van der Waals surface area contributed by atoms with Crippen LogP contribution in [0.3, 0.4) is 0 Å². The van der Waals surface area contributed by atoms with E-state index in [0.717, 1.165) is 35.4 Å². The summed E-state index contributed by atoms with van der Waals surface area (Å²) in [6.07, 6.45) is 2.88. The van der Waals surface area contributed by atoms with E-state index in [1.54, 1.807) is 60.9 Å². The number of carbonyl (C=O) groups is 4. The fraction of sp³-hybridized carbons (Fsp3) is 0.148. The van der Waals surface area contributed by atoms with Gasteiger partial charge in [0.05, 0.1) is 56.5 Å². The molecule has 0 spiro atoms. The largest absolute Gasteiger partial charge is 0.496 e. The Morgan fingerprint density at radius 3 is 1.19 bits per heavy atom. The third kappa shape index (κ3) is 11.5. The van der Waals surface area contributed by atoms with Gasteiger partial charge in [0.2, 0.25) is 0 Å². The smallest absolute Gasteiger partial charge is 0.326 e. The van der Waals surface area contributed by atoms with Crippen LogP contribution in [0.4, 0.5) is 17.6 Å². The first-order valence-electron chi connectivity index (χ1n) is 22.0. The molecule has 20 heteroatoms. The van der Waals surface area contributed by atoms with Crippen molar-refractivity contribution in [1.82, 2.24) is 20.6 Å². The Morgan fingerprint density at radius 1 is 0.527 bits per heavy atom. The molecule has 2 amide bonds. The van der Waals surface area contributed by atoms with Crippen molar-refractivity contribution in [3.8, 4) is 33.8 Å². The normalized spacial score (nSPS) is 11.8. The molecule has 0 bridgehead atoms. The minimum Gasteiger partial charge on any atom is -0.496 e. The second-order valence-corrected chi connectivity index (χ2v) is 18.1. The van der Waals surface area contributed by atoms with Crippen molar-refractivity contribution in [3.63, 3.8) is 0 Å². The molecule has 74 heavy (non-hydrogen) atoms. The van der Waals surface area contributed by atoms with E-state index in [2.05, 4.69) is 20.6 Å². The molecule has 4 N–H and O–H groups in total. The van der Waals surface area contributed by atoms with Crippen LogP contribution in [0, 0.1) is 37.1 Å². The summed E-state index contributed by atoms with van der Waals surface area (Å²) in [7, 11) is 2.70. The molecule has 0 saturated carbocycles. The number of hydrogen-bond acceptors (Lipinski definition) is 8. The van der Waals surface area contributed by atoms with Gasteiger partial charge >= 0.3 is 11.9 Å². The summed E-state index contributed by atoms with van der Waals surface area (Å²) in [5, 5.41) is 26.2. The molecule has 8 rings (SSSR count). The number of methoxy groups -OCH3 is 2. The number of fused-ring (bicyclic) bond motifs is 2. The van der Waals surface area contributed by atoms with Crippen LogP contribution >= 0.6 is 46.4 Å². The molecule has 2 atom stereocenters. The lowest BCUT2D eigenvalue weighted by atomic mass is 9.92. The van der Waals surface area contributed by atoms with Gasteiger partial charge in [-0.15, -0.1) is 0 Å². The first kappa shape index (κ1) is 54.3. The third-order valence-corrected chi connectivity index (χ3v) is 13.1. The van der Waals surface area contributed by atoms with E-state index in [9.17, 15) is 47.0 Å². The molecule has 0 aliphatic rings. The summed E-state index contributed by atoms with van der Waals surface area (Å²) in [5.74, 6) is -7.94. The highest BCUT2D eigenvalue weighted by Gasteiger charge is 2.28. The number of pyridine rings is 2. The Kier molecular flexibility index (Phi) is 17.0. The fourth-order valence-electron chi connectivity index (χ4n) is 8.30. The molecule has 12 nitrogen and oxygen atoms in total. The van der Waals surface area contributed by atoms with Crippen LogP contribution in [0.25, 0.3) is 44.1 Å². The molecule has 0 radical (unpaired) electrons. The van der Waals surface area contributed by atoms with Crippen LogP contribution in [0.15, 0.2) is 109 Å². The number of rotatable bonds is 14. The van der Waals surface area contributed by atoms with Gasteiger partial charge < -0.3 is 30.3 Å². The van der Waals surface area contributed by atoms with Gasteiger partial charge in [0, 0.05) is 59.3 Å². The van der Waals surface area contributed by atoms with E-state index < -0.39 is 59.1 Å². The Balaban J connectivity index is 0.000000216. The zero-order chi connectivity index (χ0) is 53.7. The summed E-state index contributed by atoms with van der Waals surface area (Å²) in [5.41, 5.74) is 5.08. The molecular weight excluding hydrogens is 1050 g/mol. The number of halogens is 8. The van der Waals surface area contributed by atoms with Crippen molar-refractivity contribution < 1.29 is 56.4 Å². The topological polar surface area (TPSA) is 177 Å². The second kappa shape index (κ2) is 23.1. The second-order valence-electron chi connectivity index (χ2n) is 16.5. The summed E-state index contributed by atoms with van der Waals surface area (Å²) >= 11 is 24.4. The first-order chi connectivity index (χ1) is 35.2. The number of nitrogens with one attached hydrogen (secondary N) is 2. The summed E-state index contributed by atoms with van der Waals surface area (Å²) in [6, 6.07) is 20.5. The van der Waals surface area contributed by atoms with Crippen LogP contribution in [0.5, 0.6) is 11.5 Å². The third-order valence-electron chi connectivity index (χ3n) is 11.9. The highest BCUT2D eigenvalue weighted by atomic mass is 35.5. The zero-order valence-corrected chi connectivity index (χ0v) is 42.2. The molecule has 2 heterocycles. The molecule has 0 fully saturated rings. The van der Waals surface area contributed by atoms with Crippen molar-refractivity contribution >= 4 is 92.0 Å². The monoisotopic (exact) mass is 1090 g/mol. The lowest BCUT2D eigenvalue weighted by Crippen LogP contribution is -2.42. The molecular formula is C54H40Cl4F4N4O8. The van der Waals surface area contributed by atoms with Gasteiger partial charge in [-0.3, -0.25) is 19.6 Å². The maximum atomic E-state index is 14.2. The lowest BCUT2D eigenvalue weighted by molar-refractivity contribution is -0.140. The van der Waals surface area contributed by atoms with Gasteiger partial charge in [0.25, 0.3) is 11.8 Å². The van der Waals surface area contributed by atoms with E-state index in [1.807, 2.05) is 13.8 Å². The van der Waals surface area contributed by atoms with Crippen molar-refractivity contribution in [2.75, 3.05) is 14.2 Å². The lowest BCUT2D eigenvalue weighted by Gasteiger charge is -2.19. The number of carboxylic acids is 2. The minimum absolute atomic E-state index is 0.0308. The number of carbonyl (C=O) groups excluding carboxylic acids is 2. The first-order valence-corrected chi connectivity index (χ1v) is 23.5. The molecule has 0 aliphatic carbocycles. The van der Waals surface area contributed by atoms with Crippen LogP contribution in [-0.2, 0) is 22.4 Å². The molecule has 0 unspecified atom stereocenters. The van der Waals surface area contributed by atoms with Crippen molar-refractivity contribution in [2.24, 2.45) is 0 Å². The Morgan fingerprint density at radius 2 is 0.865 bits per heavy atom. The highest BCUT2D eigenvalue weighted by molar-refractivity contribution is 6.40. The molecule has 380 valence electrons. The molecule has 2 aromatic heterocycles. The van der Waals surface area contributed by atoms with Crippen LogP contribution in [0.1, 0.15) is 43.0 Å². The SMILES string of the molecule is COc1cc(F)c(F)cc1-c1ccc(C[C@H](NC(=O)c2c(Cl)cccc2Cl)C(=O)O)c2nccc(C)c12.COc1cc(F)c(F)cc1-c1ccc(C[C@H](NC(=O)c2c(Cl)cccc2Cl)C(=O)O)c2nccc(C)c12. The van der Waals surface area contributed by atoms with Gasteiger partial charge in [-0.1, -0.05) is 82.8 Å². The molecule has 8 aromatic rings. The predicted molar refractivity (Wildman–Crippen MR) is 275 cm³/mol. The number of hydrogen-bond donors (Lipinski definition) is 4. The Labute approximate surface area is 439 Å².